The van der Waals surface area contributed by atoms with Crippen LogP contribution in [0, 0.1) is 19.8 Å². The molecule has 0 saturated carbocycles. The van der Waals surface area contributed by atoms with Gasteiger partial charge in [-0.1, -0.05) is 0 Å². The number of alkyl halides is 1. The second-order valence-corrected chi connectivity index (χ2v) is 7.11. The van der Waals surface area contributed by atoms with Gasteiger partial charge in [-0.2, -0.15) is 0 Å². The third-order valence-corrected chi connectivity index (χ3v) is 5.00. The molecule has 0 spiro atoms. The van der Waals surface area contributed by atoms with Crippen LogP contribution in [0.3, 0.4) is 0 Å². The van der Waals surface area contributed by atoms with Gasteiger partial charge in [0.1, 0.15) is 0 Å². The summed E-state index contributed by atoms with van der Waals surface area (Å²) in [6, 6.07) is 1.99. The first kappa shape index (κ1) is 16.6. The van der Waals surface area contributed by atoms with Crippen molar-refractivity contribution in [1.82, 2.24) is 9.47 Å². The van der Waals surface area contributed by atoms with Crippen molar-refractivity contribution in [3.05, 3.63) is 23.0 Å². The Bertz CT molecular complexity index is 499. The maximum Gasteiger partial charge on any atom is 0.182 e. The average molecular weight is 311 g/mol. The van der Waals surface area contributed by atoms with Crippen LogP contribution in [0.15, 0.2) is 6.07 Å². The molecule has 1 saturated heterocycles. The second-order valence-electron chi connectivity index (χ2n) is 6.45. The molecule has 4 heteroatoms. The number of rotatable bonds is 5. The summed E-state index contributed by atoms with van der Waals surface area (Å²) >= 11 is 5.95. The Labute approximate surface area is 133 Å². The largest absolute Gasteiger partial charge is 0.348 e. The maximum absolute atomic E-state index is 12.1. The van der Waals surface area contributed by atoms with Crippen molar-refractivity contribution in [2.75, 3.05) is 20.1 Å². The molecule has 0 aromatic carbocycles. The number of carbonyl (C=O) groups excluding carboxylic acids is 1. The SMILES string of the molecule is Cc1cc(C(=O)C(C)Cl)c(C)n1CCC1CCN(C)CC1. The van der Waals surface area contributed by atoms with Gasteiger partial charge in [-0.3, -0.25) is 4.79 Å². The fourth-order valence-electron chi connectivity index (χ4n) is 3.27. The number of halogens is 1. The third kappa shape index (κ3) is 3.89. The quantitative estimate of drug-likeness (QED) is 0.613. The number of aromatic nitrogens is 1. The summed E-state index contributed by atoms with van der Waals surface area (Å²) in [6.45, 7) is 9.29. The molecule has 2 rings (SSSR count). The maximum atomic E-state index is 12.1. The van der Waals surface area contributed by atoms with E-state index in [-0.39, 0.29) is 5.78 Å². The first-order valence-electron chi connectivity index (χ1n) is 7.93. The van der Waals surface area contributed by atoms with Crippen molar-refractivity contribution in [3.8, 4) is 0 Å². The van der Waals surface area contributed by atoms with Gasteiger partial charge >= 0.3 is 0 Å². The Morgan fingerprint density at radius 2 is 2.00 bits per heavy atom. The third-order valence-electron chi connectivity index (χ3n) is 4.80. The molecular formula is C17H27ClN2O. The van der Waals surface area contributed by atoms with E-state index >= 15 is 0 Å². The van der Waals surface area contributed by atoms with E-state index < -0.39 is 5.38 Å². The van der Waals surface area contributed by atoms with Crippen LogP contribution < -0.4 is 0 Å². The monoisotopic (exact) mass is 310 g/mol. The lowest BCUT2D eigenvalue weighted by Crippen LogP contribution is -2.30. The molecule has 1 fully saturated rings. The molecule has 21 heavy (non-hydrogen) atoms. The fraction of sp³-hybridized carbons (Fsp3) is 0.706. The van der Waals surface area contributed by atoms with E-state index in [1.807, 2.05) is 13.0 Å². The molecule has 1 aliphatic heterocycles. The van der Waals surface area contributed by atoms with E-state index in [0.29, 0.717) is 0 Å². The Kier molecular flexibility index (Phi) is 5.50. The minimum Gasteiger partial charge on any atom is -0.348 e. The van der Waals surface area contributed by atoms with Gasteiger partial charge in [-0.25, -0.2) is 0 Å². The molecule has 0 aliphatic carbocycles. The first-order valence-corrected chi connectivity index (χ1v) is 8.37. The van der Waals surface area contributed by atoms with Gasteiger partial charge < -0.3 is 9.47 Å². The lowest BCUT2D eigenvalue weighted by Gasteiger charge is -2.29. The van der Waals surface area contributed by atoms with Crippen molar-refractivity contribution >= 4 is 17.4 Å². The molecule has 0 N–H and O–H groups in total. The van der Waals surface area contributed by atoms with E-state index in [4.69, 9.17) is 11.6 Å². The van der Waals surface area contributed by atoms with Crippen molar-refractivity contribution in [1.29, 1.82) is 0 Å². The summed E-state index contributed by atoms with van der Waals surface area (Å²) in [5.74, 6) is 0.851. The highest BCUT2D eigenvalue weighted by molar-refractivity contribution is 6.33. The Balaban J connectivity index is 2.02. The summed E-state index contributed by atoms with van der Waals surface area (Å²) in [7, 11) is 2.20. The summed E-state index contributed by atoms with van der Waals surface area (Å²) in [6.07, 6.45) is 3.79. The van der Waals surface area contributed by atoms with E-state index in [0.717, 1.165) is 23.7 Å². The van der Waals surface area contributed by atoms with E-state index in [1.54, 1.807) is 6.92 Å². The number of piperidine rings is 1. The number of nitrogens with zero attached hydrogens (tertiary/aromatic N) is 2. The smallest absolute Gasteiger partial charge is 0.182 e. The average Bonchev–Trinajstić information content (AvgIpc) is 2.72. The van der Waals surface area contributed by atoms with Crippen LogP contribution in [0.4, 0.5) is 0 Å². The van der Waals surface area contributed by atoms with Crippen LogP contribution >= 0.6 is 11.6 Å². The minimum atomic E-state index is -0.451. The normalized spacial score (nSPS) is 18.9. The first-order chi connectivity index (χ1) is 9.90. The zero-order valence-electron chi connectivity index (χ0n) is 13.7. The highest BCUT2D eigenvalue weighted by Gasteiger charge is 2.21. The predicted molar refractivity (Wildman–Crippen MR) is 88.4 cm³/mol. The van der Waals surface area contributed by atoms with Gasteiger partial charge in [0, 0.05) is 23.5 Å². The Morgan fingerprint density at radius 3 is 2.57 bits per heavy atom. The molecule has 1 aromatic rings. The number of hydrogen-bond donors (Lipinski definition) is 0. The number of likely N-dealkylation sites (tertiary alicyclic amines) is 1. The molecule has 2 heterocycles. The summed E-state index contributed by atoms with van der Waals surface area (Å²) in [4.78, 5) is 14.5. The van der Waals surface area contributed by atoms with E-state index in [9.17, 15) is 4.79 Å². The molecule has 0 amide bonds. The zero-order chi connectivity index (χ0) is 15.6. The molecule has 0 radical (unpaired) electrons. The van der Waals surface area contributed by atoms with Crippen LogP contribution in [-0.4, -0.2) is 40.8 Å². The molecule has 3 nitrogen and oxygen atoms in total. The number of Topliss-reactive ketones (excluding diaryl/α,β-unsaturated/α-hetero) is 1. The highest BCUT2D eigenvalue weighted by Crippen LogP contribution is 2.23. The lowest BCUT2D eigenvalue weighted by atomic mass is 9.94. The van der Waals surface area contributed by atoms with Gasteiger partial charge in [0.25, 0.3) is 0 Å². The van der Waals surface area contributed by atoms with Crippen molar-refractivity contribution in [2.24, 2.45) is 5.92 Å². The fourth-order valence-corrected chi connectivity index (χ4v) is 3.39. The number of carbonyl (C=O) groups is 1. The Morgan fingerprint density at radius 1 is 1.38 bits per heavy atom. The lowest BCUT2D eigenvalue weighted by molar-refractivity contribution is 0.0991. The summed E-state index contributed by atoms with van der Waals surface area (Å²) < 4.78 is 2.28. The molecule has 1 aliphatic rings. The van der Waals surface area contributed by atoms with Gasteiger partial charge in [0.2, 0.25) is 0 Å². The number of ketones is 1. The topological polar surface area (TPSA) is 25.2 Å². The van der Waals surface area contributed by atoms with Crippen molar-refractivity contribution in [2.45, 2.75) is 52.0 Å². The molecule has 0 bridgehead atoms. The van der Waals surface area contributed by atoms with Crippen LogP contribution in [-0.2, 0) is 6.54 Å². The van der Waals surface area contributed by atoms with Gasteiger partial charge in [0.05, 0.1) is 5.38 Å². The zero-order valence-corrected chi connectivity index (χ0v) is 14.4. The van der Waals surface area contributed by atoms with Crippen LogP contribution in [0.5, 0.6) is 0 Å². The predicted octanol–water partition coefficient (Wildman–Crippen LogP) is 3.65. The van der Waals surface area contributed by atoms with Crippen molar-refractivity contribution < 1.29 is 4.79 Å². The van der Waals surface area contributed by atoms with Crippen molar-refractivity contribution in [3.63, 3.8) is 0 Å². The standard InChI is InChI=1S/C17H27ClN2O/c1-12-11-16(17(21)13(2)18)14(3)20(12)10-7-15-5-8-19(4)9-6-15/h11,13,15H,5-10H2,1-4H3. The number of aryl methyl sites for hydroxylation is 1. The summed E-state index contributed by atoms with van der Waals surface area (Å²) in [5, 5.41) is -0.451. The van der Waals surface area contributed by atoms with Gasteiger partial charge in [-0.15, -0.1) is 11.6 Å². The molecule has 1 unspecified atom stereocenters. The van der Waals surface area contributed by atoms with Gasteiger partial charge in [0.15, 0.2) is 5.78 Å². The molecule has 118 valence electrons. The molecule has 1 atom stereocenters. The Hall–Kier alpha value is -0.800. The van der Waals surface area contributed by atoms with E-state index in [1.165, 1.54) is 38.0 Å². The van der Waals surface area contributed by atoms with Crippen LogP contribution in [0.25, 0.3) is 0 Å². The highest BCUT2D eigenvalue weighted by atomic mass is 35.5. The van der Waals surface area contributed by atoms with Crippen LogP contribution in [0.2, 0.25) is 0 Å². The van der Waals surface area contributed by atoms with E-state index in [2.05, 4.69) is 23.4 Å². The summed E-state index contributed by atoms with van der Waals surface area (Å²) in [5.41, 5.74) is 3.03. The molecule has 1 aromatic heterocycles. The van der Waals surface area contributed by atoms with Gasteiger partial charge in [-0.05, 0) is 72.2 Å². The number of hydrogen-bond acceptors (Lipinski definition) is 2. The molecular weight excluding hydrogens is 284 g/mol. The second kappa shape index (κ2) is 6.97. The minimum absolute atomic E-state index is 0.0373. The van der Waals surface area contributed by atoms with Crippen LogP contribution in [0.1, 0.15) is 47.9 Å².